The molecule has 2 aliphatic carbocycles. The zero-order valence-electron chi connectivity index (χ0n) is 7.11. The van der Waals surface area contributed by atoms with Gasteiger partial charge in [-0.25, -0.2) is 0 Å². The first-order chi connectivity index (χ1) is 5.93. The summed E-state index contributed by atoms with van der Waals surface area (Å²) in [5, 5.41) is 0. The lowest BCUT2D eigenvalue weighted by Gasteiger charge is -2.36. The second-order valence-electron chi connectivity index (χ2n) is 4.01. The highest BCUT2D eigenvalue weighted by Gasteiger charge is 2.33. The molecule has 0 aromatic carbocycles. The Morgan fingerprint density at radius 1 is 1.33 bits per heavy atom. The molecule has 12 heavy (non-hydrogen) atoms. The minimum atomic E-state index is 0.541. The average molecular weight is 159 g/mol. The predicted octanol–water partition coefficient (Wildman–Crippen LogP) is 2.35. The molecule has 0 bridgehead atoms. The molecular formula is C11H13N. The number of fused-ring (bicyclic) bond motifs is 2. The normalized spacial score (nSPS) is 42.7. The van der Waals surface area contributed by atoms with E-state index in [0.29, 0.717) is 6.04 Å². The summed E-state index contributed by atoms with van der Waals surface area (Å²) < 4.78 is 0. The topological polar surface area (TPSA) is 12.4 Å². The summed E-state index contributed by atoms with van der Waals surface area (Å²) >= 11 is 0. The fraction of sp³-hybridized carbons (Fsp3) is 0.545. The highest BCUT2D eigenvalue weighted by Crippen LogP contribution is 2.36. The van der Waals surface area contributed by atoms with Gasteiger partial charge in [-0.2, -0.15) is 0 Å². The van der Waals surface area contributed by atoms with Crippen molar-refractivity contribution in [3.8, 4) is 0 Å². The Balaban J connectivity index is 1.96. The van der Waals surface area contributed by atoms with Gasteiger partial charge in [-0.05, 0) is 25.3 Å². The second kappa shape index (κ2) is 2.32. The highest BCUT2D eigenvalue weighted by atomic mass is 14.8. The van der Waals surface area contributed by atoms with Crippen LogP contribution in [0.2, 0.25) is 0 Å². The van der Waals surface area contributed by atoms with Crippen molar-refractivity contribution in [2.75, 3.05) is 0 Å². The third-order valence-corrected chi connectivity index (χ3v) is 3.24. The summed E-state index contributed by atoms with van der Waals surface area (Å²) in [5.74, 6) is 1.56. The zero-order chi connectivity index (χ0) is 7.97. The second-order valence-corrected chi connectivity index (χ2v) is 4.01. The van der Waals surface area contributed by atoms with Gasteiger partial charge in [-0.3, -0.25) is 4.99 Å². The van der Waals surface area contributed by atoms with Gasteiger partial charge in [0.05, 0.1) is 6.04 Å². The third kappa shape index (κ3) is 0.825. The van der Waals surface area contributed by atoms with Crippen LogP contribution in [0.25, 0.3) is 0 Å². The molecule has 1 nitrogen and oxygen atoms in total. The van der Waals surface area contributed by atoms with Crippen LogP contribution in [0.4, 0.5) is 0 Å². The minimum Gasteiger partial charge on any atom is -0.281 e. The smallest absolute Gasteiger partial charge is 0.0746 e. The Hall–Kier alpha value is -0.850. The molecule has 0 N–H and O–H groups in total. The maximum Gasteiger partial charge on any atom is 0.0746 e. The van der Waals surface area contributed by atoms with Crippen LogP contribution in [-0.2, 0) is 0 Å². The Labute approximate surface area is 72.9 Å². The van der Waals surface area contributed by atoms with Crippen molar-refractivity contribution >= 4 is 5.71 Å². The first-order valence-electron chi connectivity index (χ1n) is 4.86. The SMILES string of the molecule is C1=CC2=NC3C=CC3CC2CC1. The lowest BCUT2D eigenvalue weighted by Crippen LogP contribution is -2.34. The molecule has 0 aromatic heterocycles. The standard InChI is InChI=1S/C11H13N/c1-2-4-10-8(3-1)7-9-5-6-11(9)12-10/h2,4-6,8-9,11H,1,3,7H2. The fourth-order valence-corrected chi connectivity index (χ4v) is 2.40. The monoisotopic (exact) mass is 159 g/mol. The molecule has 0 aromatic rings. The van der Waals surface area contributed by atoms with Gasteiger partial charge in [-0.1, -0.05) is 18.2 Å². The van der Waals surface area contributed by atoms with E-state index in [2.05, 4.69) is 24.3 Å². The van der Waals surface area contributed by atoms with E-state index in [0.717, 1.165) is 11.8 Å². The number of nitrogens with zero attached hydrogens (tertiary/aromatic N) is 1. The largest absolute Gasteiger partial charge is 0.281 e. The van der Waals surface area contributed by atoms with Crippen LogP contribution in [0.15, 0.2) is 29.3 Å². The molecule has 0 saturated heterocycles. The lowest BCUT2D eigenvalue weighted by molar-refractivity contribution is 0.394. The van der Waals surface area contributed by atoms with Gasteiger partial charge in [-0.15, -0.1) is 0 Å². The van der Waals surface area contributed by atoms with Crippen LogP contribution in [0.3, 0.4) is 0 Å². The predicted molar refractivity (Wildman–Crippen MR) is 50.3 cm³/mol. The van der Waals surface area contributed by atoms with Crippen LogP contribution in [0.5, 0.6) is 0 Å². The average Bonchev–Trinajstić information content (AvgIpc) is 2.09. The fourth-order valence-electron chi connectivity index (χ4n) is 2.40. The number of allylic oxidation sites excluding steroid dienone is 2. The van der Waals surface area contributed by atoms with E-state index >= 15 is 0 Å². The van der Waals surface area contributed by atoms with E-state index in [1.54, 1.807) is 0 Å². The van der Waals surface area contributed by atoms with Gasteiger partial charge in [0, 0.05) is 17.5 Å². The van der Waals surface area contributed by atoms with Gasteiger partial charge in [0.1, 0.15) is 0 Å². The molecule has 3 rings (SSSR count). The molecule has 1 heterocycles. The van der Waals surface area contributed by atoms with E-state index in [1.165, 1.54) is 25.0 Å². The van der Waals surface area contributed by atoms with Gasteiger partial charge in [0.2, 0.25) is 0 Å². The van der Waals surface area contributed by atoms with Gasteiger partial charge in [0.15, 0.2) is 0 Å². The highest BCUT2D eigenvalue weighted by molar-refractivity contribution is 5.98. The van der Waals surface area contributed by atoms with Crippen molar-refractivity contribution in [2.24, 2.45) is 16.8 Å². The Bertz CT molecular complexity index is 285. The van der Waals surface area contributed by atoms with Gasteiger partial charge >= 0.3 is 0 Å². The Kier molecular flexibility index (Phi) is 1.28. The van der Waals surface area contributed by atoms with Crippen molar-refractivity contribution in [1.29, 1.82) is 0 Å². The lowest BCUT2D eigenvalue weighted by atomic mass is 9.74. The summed E-state index contributed by atoms with van der Waals surface area (Å²) in [7, 11) is 0. The quantitative estimate of drug-likeness (QED) is 0.481. The van der Waals surface area contributed by atoms with Crippen molar-refractivity contribution in [1.82, 2.24) is 0 Å². The van der Waals surface area contributed by atoms with E-state index in [4.69, 9.17) is 4.99 Å². The van der Waals surface area contributed by atoms with Crippen molar-refractivity contribution in [2.45, 2.75) is 25.3 Å². The molecule has 1 heteroatoms. The zero-order valence-corrected chi connectivity index (χ0v) is 7.11. The summed E-state index contributed by atoms with van der Waals surface area (Å²) in [6.07, 6.45) is 13.0. The molecule has 62 valence electrons. The van der Waals surface area contributed by atoms with Crippen LogP contribution in [-0.4, -0.2) is 11.8 Å². The van der Waals surface area contributed by atoms with Gasteiger partial charge in [0.25, 0.3) is 0 Å². The number of aliphatic imine (C=N–C) groups is 1. The molecule has 1 aliphatic heterocycles. The molecule has 3 atom stereocenters. The first-order valence-corrected chi connectivity index (χ1v) is 4.86. The molecule has 0 fully saturated rings. The Morgan fingerprint density at radius 2 is 2.33 bits per heavy atom. The van der Waals surface area contributed by atoms with Gasteiger partial charge < -0.3 is 0 Å². The van der Waals surface area contributed by atoms with Crippen LogP contribution in [0, 0.1) is 11.8 Å². The van der Waals surface area contributed by atoms with Crippen LogP contribution >= 0.6 is 0 Å². The summed E-state index contributed by atoms with van der Waals surface area (Å²) in [5.41, 5.74) is 1.37. The number of rotatable bonds is 0. The summed E-state index contributed by atoms with van der Waals surface area (Å²) in [4.78, 5) is 4.72. The van der Waals surface area contributed by atoms with E-state index in [1.807, 2.05) is 0 Å². The molecule has 0 saturated carbocycles. The molecule has 3 unspecified atom stereocenters. The third-order valence-electron chi connectivity index (χ3n) is 3.24. The summed E-state index contributed by atoms with van der Waals surface area (Å²) in [6, 6.07) is 0.541. The molecule has 0 radical (unpaired) electrons. The van der Waals surface area contributed by atoms with Crippen molar-refractivity contribution < 1.29 is 0 Å². The Morgan fingerprint density at radius 3 is 3.17 bits per heavy atom. The minimum absolute atomic E-state index is 0.541. The van der Waals surface area contributed by atoms with Crippen molar-refractivity contribution in [3.63, 3.8) is 0 Å². The molecule has 3 aliphatic rings. The van der Waals surface area contributed by atoms with Crippen molar-refractivity contribution in [3.05, 3.63) is 24.3 Å². The maximum atomic E-state index is 4.72. The van der Waals surface area contributed by atoms with E-state index < -0.39 is 0 Å². The molecule has 0 amide bonds. The number of hydrogen-bond donors (Lipinski definition) is 0. The first kappa shape index (κ1) is 6.64. The van der Waals surface area contributed by atoms with E-state index in [-0.39, 0.29) is 0 Å². The number of hydrogen-bond acceptors (Lipinski definition) is 1. The van der Waals surface area contributed by atoms with Crippen LogP contribution < -0.4 is 0 Å². The molecule has 0 spiro atoms. The summed E-state index contributed by atoms with van der Waals surface area (Å²) in [6.45, 7) is 0. The van der Waals surface area contributed by atoms with Crippen LogP contribution in [0.1, 0.15) is 19.3 Å². The van der Waals surface area contributed by atoms with E-state index in [9.17, 15) is 0 Å². The maximum absolute atomic E-state index is 4.72. The molecular weight excluding hydrogens is 146 g/mol.